The Bertz CT molecular complexity index is 573. The Kier molecular flexibility index (Phi) is 4.03. The summed E-state index contributed by atoms with van der Waals surface area (Å²) in [5.41, 5.74) is 0.184. The lowest BCUT2D eigenvalue weighted by molar-refractivity contribution is -0.384. The molecule has 9 heteroatoms. The summed E-state index contributed by atoms with van der Waals surface area (Å²) >= 11 is 0. The zero-order chi connectivity index (χ0) is 15.6. The largest absolute Gasteiger partial charge is 0.480 e. The van der Waals surface area contributed by atoms with Crippen molar-refractivity contribution in [2.24, 2.45) is 0 Å². The van der Waals surface area contributed by atoms with Gasteiger partial charge in [-0.1, -0.05) is 0 Å². The summed E-state index contributed by atoms with van der Waals surface area (Å²) in [6, 6.07) is 3.38. The summed E-state index contributed by atoms with van der Waals surface area (Å²) in [5, 5.41) is 31.4. The van der Waals surface area contributed by atoms with Crippen molar-refractivity contribution < 1.29 is 24.7 Å². The smallest absolute Gasteiger partial charge is 0.326 e. The van der Waals surface area contributed by atoms with Gasteiger partial charge in [-0.15, -0.1) is 0 Å². The maximum Gasteiger partial charge on any atom is 0.326 e. The summed E-state index contributed by atoms with van der Waals surface area (Å²) in [5.74, 6) is -1.19. The molecule has 2 atom stereocenters. The van der Waals surface area contributed by atoms with E-state index in [9.17, 15) is 24.8 Å². The first-order valence-electron chi connectivity index (χ1n) is 6.11. The van der Waals surface area contributed by atoms with Crippen molar-refractivity contribution in [3.05, 3.63) is 34.4 Å². The number of rotatable bonds is 3. The number of nitro groups is 1. The van der Waals surface area contributed by atoms with Gasteiger partial charge >= 0.3 is 12.0 Å². The number of nitro benzene ring substituents is 1. The fraction of sp³-hybridized carbons (Fsp3) is 0.333. The molecule has 21 heavy (non-hydrogen) atoms. The summed E-state index contributed by atoms with van der Waals surface area (Å²) in [6.45, 7) is -0.0736. The van der Waals surface area contributed by atoms with Crippen molar-refractivity contribution in [2.45, 2.75) is 18.6 Å². The minimum absolute atomic E-state index is 0.0248. The summed E-state index contributed by atoms with van der Waals surface area (Å²) in [4.78, 5) is 34.0. The number of likely N-dealkylation sites (tertiary alicyclic amines) is 1. The van der Waals surface area contributed by atoms with Crippen LogP contribution in [-0.4, -0.2) is 50.7 Å². The molecule has 0 saturated carbocycles. The zero-order valence-corrected chi connectivity index (χ0v) is 10.8. The van der Waals surface area contributed by atoms with E-state index in [4.69, 9.17) is 5.11 Å². The first kappa shape index (κ1) is 14.7. The van der Waals surface area contributed by atoms with Gasteiger partial charge in [0.15, 0.2) is 0 Å². The van der Waals surface area contributed by atoms with Crippen molar-refractivity contribution in [1.82, 2.24) is 4.90 Å². The van der Waals surface area contributed by atoms with Gasteiger partial charge in [0.25, 0.3) is 5.69 Å². The van der Waals surface area contributed by atoms with Gasteiger partial charge in [-0.25, -0.2) is 9.59 Å². The molecule has 2 rings (SSSR count). The number of hydrogen-bond donors (Lipinski definition) is 3. The molecule has 0 unspecified atom stereocenters. The van der Waals surface area contributed by atoms with Gasteiger partial charge in [0, 0.05) is 30.8 Å². The van der Waals surface area contributed by atoms with Crippen LogP contribution in [-0.2, 0) is 4.79 Å². The lowest BCUT2D eigenvalue weighted by Gasteiger charge is -2.21. The molecule has 1 aliphatic rings. The van der Waals surface area contributed by atoms with E-state index >= 15 is 0 Å². The van der Waals surface area contributed by atoms with Crippen LogP contribution < -0.4 is 5.32 Å². The van der Waals surface area contributed by atoms with E-state index in [1.807, 2.05) is 0 Å². The third-order valence-corrected chi connectivity index (χ3v) is 3.15. The molecule has 112 valence electrons. The predicted octanol–water partition coefficient (Wildman–Crippen LogP) is 0.647. The number of non-ortho nitro benzene ring substituents is 1. The fourth-order valence-electron chi connectivity index (χ4n) is 2.13. The summed E-state index contributed by atoms with van der Waals surface area (Å²) < 4.78 is 0. The number of aliphatic hydroxyl groups excluding tert-OH is 1. The van der Waals surface area contributed by atoms with Crippen molar-refractivity contribution in [1.29, 1.82) is 0 Å². The van der Waals surface area contributed by atoms with Crippen LogP contribution in [0.2, 0.25) is 0 Å². The van der Waals surface area contributed by atoms with Crippen LogP contribution in [0.15, 0.2) is 24.3 Å². The average Bonchev–Trinajstić information content (AvgIpc) is 2.82. The van der Waals surface area contributed by atoms with Gasteiger partial charge in [0.05, 0.1) is 11.0 Å². The molecular formula is C12H13N3O6. The zero-order valence-electron chi connectivity index (χ0n) is 10.8. The van der Waals surface area contributed by atoms with Gasteiger partial charge in [-0.05, 0) is 12.1 Å². The number of urea groups is 1. The molecule has 1 heterocycles. The third kappa shape index (κ3) is 3.26. The minimum atomic E-state index is -1.19. The highest BCUT2D eigenvalue weighted by molar-refractivity contribution is 5.92. The Morgan fingerprint density at radius 2 is 1.95 bits per heavy atom. The number of nitrogens with zero attached hydrogens (tertiary/aromatic N) is 2. The Morgan fingerprint density at radius 1 is 1.33 bits per heavy atom. The van der Waals surface area contributed by atoms with Gasteiger partial charge in [0.2, 0.25) is 0 Å². The van der Waals surface area contributed by atoms with Gasteiger partial charge in [-0.2, -0.15) is 0 Å². The molecule has 1 fully saturated rings. The second-order valence-corrected chi connectivity index (χ2v) is 4.63. The molecule has 0 aromatic heterocycles. The van der Waals surface area contributed by atoms with Crippen molar-refractivity contribution in [3.63, 3.8) is 0 Å². The molecule has 2 amide bonds. The van der Waals surface area contributed by atoms with E-state index in [2.05, 4.69) is 5.32 Å². The number of carbonyl (C=O) groups is 2. The highest BCUT2D eigenvalue weighted by atomic mass is 16.6. The van der Waals surface area contributed by atoms with Crippen LogP contribution in [0.1, 0.15) is 6.42 Å². The molecule has 1 aromatic rings. The van der Waals surface area contributed by atoms with E-state index < -0.39 is 29.1 Å². The second kappa shape index (κ2) is 5.75. The molecule has 1 aromatic carbocycles. The molecule has 3 N–H and O–H groups in total. The number of aliphatic hydroxyl groups is 1. The number of nitrogens with one attached hydrogen (secondary N) is 1. The molecule has 0 radical (unpaired) electrons. The minimum Gasteiger partial charge on any atom is -0.480 e. The van der Waals surface area contributed by atoms with Crippen LogP contribution in [0.4, 0.5) is 16.2 Å². The van der Waals surface area contributed by atoms with Crippen molar-refractivity contribution in [3.8, 4) is 0 Å². The average molecular weight is 295 g/mol. The fourth-order valence-corrected chi connectivity index (χ4v) is 2.13. The molecule has 0 spiro atoms. The number of anilines is 1. The number of β-amino-alcohol motifs (C(OH)–C–C–N with tert-alkyl or cyclic N) is 1. The molecule has 1 saturated heterocycles. The predicted molar refractivity (Wildman–Crippen MR) is 70.9 cm³/mol. The summed E-state index contributed by atoms with van der Waals surface area (Å²) in [6.07, 6.45) is -0.906. The Balaban J connectivity index is 2.06. The van der Waals surface area contributed by atoms with Crippen molar-refractivity contribution >= 4 is 23.4 Å². The highest BCUT2D eigenvalue weighted by Crippen LogP contribution is 2.21. The van der Waals surface area contributed by atoms with Crippen LogP contribution in [0, 0.1) is 10.1 Å². The third-order valence-electron chi connectivity index (χ3n) is 3.15. The standard InChI is InChI=1S/C12H13N3O6/c16-9-5-10(11(17)18)14(6-9)12(19)13-7-1-3-8(4-2-7)15(20)21/h1-4,9-10,16H,5-6H2,(H,13,19)(H,17,18)/t9-,10+/m1/s1. The van der Waals surface area contributed by atoms with Crippen LogP contribution in [0.3, 0.4) is 0 Å². The molecule has 9 nitrogen and oxygen atoms in total. The van der Waals surface area contributed by atoms with Gasteiger partial charge in [0.1, 0.15) is 6.04 Å². The maximum atomic E-state index is 12.0. The number of benzene rings is 1. The van der Waals surface area contributed by atoms with Crippen molar-refractivity contribution in [2.75, 3.05) is 11.9 Å². The monoisotopic (exact) mass is 295 g/mol. The number of aliphatic carboxylic acids is 1. The first-order chi connectivity index (χ1) is 9.88. The van der Waals surface area contributed by atoms with Gasteiger partial charge < -0.3 is 20.4 Å². The number of carboxylic acid groups (broad SMARTS) is 1. The lowest BCUT2D eigenvalue weighted by atomic mass is 10.2. The van der Waals surface area contributed by atoms with E-state index in [1.54, 1.807) is 0 Å². The van der Waals surface area contributed by atoms with E-state index in [0.717, 1.165) is 4.90 Å². The quantitative estimate of drug-likeness (QED) is 0.553. The lowest BCUT2D eigenvalue weighted by Crippen LogP contribution is -2.43. The Labute approximate surface area is 118 Å². The van der Waals surface area contributed by atoms with Crippen LogP contribution in [0.5, 0.6) is 0 Å². The summed E-state index contributed by atoms with van der Waals surface area (Å²) in [7, 11) is 0. The second-order valence-electron chi connectivity index (χ2n) is 4.63. The molecular weight excluding hydrogens is 282 g/mol. The molecule has 0 bridgehead atoms. The Morgan fingerprint density at radius 3 is 2.48 bits per heavy atom. The number of carbonyl (C=O) groups excluding carboxylic acids is 1. The van der Waals surface area contributed by atoms with Crippen LogP contribution in [0.25, 0.3) is 0 Å². The van der Waals surface area contributed by atoms with Crippen LogP contribution >= 0.6 is 0 Å². The maximum absolute atomic E-state index is 12.0. The topological polar surface area (TPSA) is 133 Å². The first-order valence-corrected chi connectivity index (χ1v) is 6.11. The van der Waals surface area contributed by atoms with E-state index in [0.29, 0.717) is 5.69 Å². The van der Waals surface area contributed by atoms with E-state index in [1.165, 1.54) is 24.3 Å². The number of carboxylic acids is 1. The Hall–Kier alpha value is -2.68. The van der Waals surface area contributed by atoms with E-state index in [-0.39, 0.29) is 18.7 Å². The normalized spacial score (nSPS) is 21.1. The molecule has 0 aliphatic carbocycles. The number of hydrogen-bond acceptors (Lipinski definition) is 5. The van der Waals surface area contributed by atoms with Gasteiger partial charge in [-0.3, -0.25) is 10.1 Å². The molecule has 1 aliphatic heterocycles. The SMILES string of the molecule is O=C(O)[C@@H]1C[C@@H](O)CN1C(=O)Nc1ccc([N+](=O)[O-])cc1. The highest BCUT2D eigenvalue weighted by Gasteiger charge is 2.38. The number of amides is 2.